The predicted octanol–water partition coefficient (Wildman–Crippen LogP) is 1.55. The number of carboxylic acids is 1. The monoisotopic (exact) mass is 274 g/mol. The molecule has 1 atom stereocenters. The van der Waals surface area contributed by atoms with Crippen LogP contribution >= 0.6 is 0 Å². The summed E-state index contributed by atoms with van der Waals surface area (Å²) in [6, 6.07) is -0.269. The molecule has 2 amide bonds. The van der Waals surface area contributed by atoms with E-state index in [9.17, 15) is 9.59 Å². The molecular formula is C13H26N2O4. The summed E-state index contributed by atoms with van der Waals surface area (Å²) in [5, 5.41) is 11.6. The maximum Gasteiger partial charge on any atom is 0.317 e. The van der Waals surface area contributed by atoms with Gasteiger partial charge >= 0.3 is 12.0 Å². The first-order chi connectivity index (χ1) is 8.88. The van der Waals surface area contributed by atoms with Crippen LogP contribution in [0, 0.1) is 5.92 Å². The van der Waals surface area contributed by atoms with Crippen LogP contribution in [0.4, 0.5) is 4.79 Å². The molecule has 19 heavy (non-hydrogen) atoms. The van der Waals surface area contributed by atoms with E-state index in [4.69, 9.17) is 9.84 Å². The third-order valence-electron chi connectivity index (χ3n) is 2.71. The minimum Gasteiger partial charge on any atom is -0.481 e. The molecule has 112 valence electrons. The Kier molecular flexibility index (Phi) is 8.95. The smallest absolute Gasteiger partial charge is 0.317 e. The highest BCUT2D eigenvalue weighted by atomic mass is 16.5. The van der Waals surface area contributed by atoms with Gasteiger partial charge in [0.1, 0.15) is 0 Å². The fourth-order valence-corrected chi connectivity index (χ4v) is 1.53. The van der Waals surface area contributed by atoms with Gasteiger partial charge in [-0.25, -0.2) is 4.79 Å². The summed E-state index contributed by atoms with van der Waals surface area (Å²) in [5.41, 5.74) is 0. The third-order valence-corrected chi connectivity index (χ3v) is 2.71. The molecule has 0 aromatic rings. The number of aliphatic carboxylic acids is 1. The van der Waals surface area contributed by atoms with Gasteiger partial charge in [-0.15, -0.1) is 0 Å². The topological polar surface area (TPSA) is 78.9 Å². The number of ether oxygens (including phenoxy) is 1. The molecule has 0 aliphatic rings. The van der Waals surface area contributed by atoms with Crippen molar-refractivity contribution in [2.24, 2.45) is 5.92 Å². The molecular weight excluding hydrogens is 248 g/mol. The van der Waals surface area contributed by atoms with Crippen LogP contribution in [0.15, 0.2) is 0 Å². The van der Waals surface area contributed by atoms with E-state index in [0.29, 0.717) is 19.6 Å². The fraction of sp³-hybridized carbons (Fsp3) is 0.846. The van der Waals surface area contributed by atoms with Gasteiger partial charge in [-0.05, 0) is 20.3 Å². The lowest BCUT2D eigenvalue weighted by Gasteiger charge is -2.20. The Bertz CT molecular complexity index is 282. The quantitative estimate of drug-likeness (QED) is 0.668. The van der Waals surface area contributed by atoms with E-state index in [1.54, 1.807) is 7.05 Å². The first-order valence-electron chi connectivity index (χ1n) is 6.71. The van der Waals surface area contributed by atoms with Crippen LogP contribution in [0.2, 0.25) is 0 Å². The number of rotatable bonds is 9. The lowest BCUT2D eigenvalue weighted by Crippen LogP contribution is -2.42. The normalized spacial score (nSPS) is 12.3. The Hall–Kier alpha value is -1.30. The van der Waals surface area contributed by atoms with Gasteiger partial charge in [-0.3, -0.25) is 4.79 Å². The average Bonchev–Trinajstić information content (AvgIpc) is 2.32. The van der Waals surface area contributed by atoms with Crippen molar-refractivity contribution in [3.05, 3.63) is 0 Å². The summed E-state index contributed by atoms with van der Waals surface area (Å²) in [6.45, 7) is 6.91. The van der Waals surface area contributed by atoms with Crippen molar-refractivity contribution < 1.29 is 19.4 Å². The Balaban J connectivity index is 3.97. The van der Waals surface area contributed by atoms with Crippen molar-refractivity contribution >= 4 is 12.0 Å². The maximum atomic E-state index is 11.7. The predicted molar refractivity (Wildman–Crippen MR) is 73.2 cm³/mol. The van der Waals surface area contributed by atoms with Gasteiger partial charge in [0.15, 0.2) is 0 Å². The van der Waals surface area contributed by atoms with E-state index >= 15 is 0 Å². The molecule has 0 radical (unpaired) electrons. The third kappa shape index (κ3) is 8.42. The Morgan fingerprint density at radius 3 is 2.47 bits per heavy atom. The van der Waals surface area contributed by atoms with E-state index < -0.39 is 11.9 Å². The van der Waals surface area contributed by atoms with E-state index in [1.165, 1.54) is 4.90 Å². The summed E-state index contributed by atoms with van der Waals surface area (Å²) in [4.78, 5) is 24.1. The van der Waals surface area contributed by atoms with Crippen LogP contribution in [0.1, 0.15) is 33.6 Å². The standard InChI is InChI=1S/C13H26N2O4/c1-5-6-11(12(16)17)9-14-13(18)15(4)7-8-19-10(2)3/h10-11H,5-9H2,1-4H3,(H,14,18)(H,16,17). The molecule has 1 unspecified atom stereocenters. The van der Waals surface area contributed by atoms with Gasteiger partial charge in [0.2, 0.25) is 0 Å². The molecule has 2 N–H and O–H groups in total. The SMILES string of the molecule is CCCC(CNC(=O)N(C)CCOC(C)C)C(=O)O. The first kappa shape index (κ1) is 17.7. The minimum absolute atomic E-state index is 0.136. The summed E-state index contributed by atoms with van der Waals surface area (Å²) in [6.07, 6.45) is 1.48. The second-order valence-corrected chi connectivity index (χ2v) is 4.85. The Morgan fingerprint density at radius 2 is 2.00 bits per heavy atom. The van der Waals surface area contributed by atoms with Crippen molar-refractivity contribution in [2.75, 3.05) is 26.7 Å². The lowest BCUT2D eigenvalue weighted by atomic mass is 10.0. The van der Waals surface area contributed by atoms with Crippen molar-refractivity contribution in [1.29, 1.82) is 0 Å². The maximum absolute atomic E-state index is 11.7. The zero-order valence-corrected chi connectivity index (χ0v) is 12.3. The number of carbonyl (C=O) groups excluding carboxylic acids is 1. The van der Waals surface area contributed by atoms with Crippen molar-refractivity contribution in [3.63, 3.8) is 0 Å². The van der Waals surface area contributed by atoms with Crippen LogP contribution in [0.5, 0.6) is 0 Å². The summed E-state index contributed by atoms with van der Waals surface area (Å²) in [7, 11) is 1.66. The molecule has 0 saturated heterocycles. The fourth-order valence-electron chi connectivity index (χ4n) is 1.53. The highest BCUT2D eigenvalue weighted by molar-refractivity contribution is 5.75. The molecule has 0 aromatic heterocycles. The number of amides is 2. The average molecular weight is 274 g/mol. The molecule has 0 aromatic carbocycles. The van der Waals surface area contributed by atoms with Crippen molar-refractivity contribution in [2.45, 2.75) is 39.7 Å². The van der Waals surface area contributed by atoms with E-state index in [-0.39, 0.29) is 18.7 Å². The molecule has 0 saturated carbocycles. The van der Waals surface area contributed by atoms with Crippen molar-refractivity contribution in [1.82, 2.24) is 10.2 Å². The molecule has 0 heterocycles. The first-order valence-corrected chi connectivity index (χ1v) is 6.71. The molecule has 0 fully saturated rings. The lowest BCUT2D eigenvalue weighted by molar-refractivity contribution is -0.141. The number of hydrogen-bond donors (Lipinski definition) is 2. The van der Waals surface area contributed by atoms with Crippen LogP contribution in [0.25, 0.3) is 0 Å². The zero-order valence-electron chi connectivity index (χ0n) is 12.3. The minimum atomic E-state index is -0.868. The highest BCUT2D eigenvalue weighted by Crippen LogP contribution is 2.05. The van der Waals surface area contributed by atoms with Crippen LogP contribution < -0.4 is 5.32 Å². The van der Waals surface area contributed by atoms with Gasteiger partial charge in [-0.2, -0.15) is 0 Å². The van der Waals surface area contributed by atoms with Crippen LogP contribution in [-0.2, 0) is 9.53 Å². The number of nitrogens with one attached hydrogen (secondary N) is 1. The summed E-state index contributed by atoms with van der Waals surface area (Å²) in [5.74, 6) is -1.39. The Labute approximate surface area is 115 Å². The Morgan fingerprint density at radius 1 is 1.37 bits per heavy atom. The summed E-state index contributed by atoms with van der Waals surface area (Å²) < 4.78 is 5.35. The molecule has 0 rings (SSSR count). The van der Waals surface area contributed by atoms with Gasteiger partial charge in [0.25, 0.3) is 0 Å². The second-order valence-electron chi connectivity index (χ2n) is 4.85. The molecule has 0 bridgehead atoms. The van der Waals surface area contributed by atoms with E-state index in [1.807, 2.05) is 20.8 Å². The number of hydrogen-bond acceptors (Lipinski definition) is 3. The summed E-state index contributed by atoms with van der Waals surface area (Å²) >= 11 is 0. The van der Waals surface area contributed by atoms with Gasteiger partial charge in [0, 0.05) is 20.1 Å². The van der Waals surface area contributed by atoms with Gasteiger partial charge in [0.05, 0.1) is 18.6 Å². The van der Waals surface area contributed by atoms with Gasteiger partial charge < -0.3 is 20.1 Å². The molecule has 0 spiro atoms. The number of urea groups is 1. The highest BCUT2D eigenvalue weighted by Gasteiger charge is 2.18. The van der Waals surface area contributed by atoms with Gasteiger partial charge in [-0.1, -0.05) is 13.3 Å². The van der Waals surface area contributed by atoms with Crippen LogP contribution in [-0.4, -0.2) is 54.9 Å². The van der Waals surface area contributed by atoms with Crippen molar-refractivity contribution in [3.8, 4) is 0 Å². The second kappa shape index (κ2) is 9.61. The molecule has 6 heteroatoms. The van der Waals surface area contributed by atoms with Crippen LogP contribution in [0.3, 0.4) is 0 Å². The largest absolute Gasteiger partial charge is 0.481 e. The zero-order chi connectivity index (χ0) is 14.8. The number of likely N-dealkylation sites (N-methyl/N-ethyl adjacent to an activating group) is 1. The molecule has 0 aliphatic carbocycles. The molecule has 6 nitrogen and oxygen atoms in total. The van der Waals surface area contributed by atoms with E-state index in [2.05, 4.69) is 5.32 Å². The number of carbonyl (C=O) groups is 2. The molecule has 0 aliphatic heterocycles. The van der Waals surface area contributed by atoms with E-state index in [0.717, 1.165) is 6.42 Å². The number of carboxylic acid groups (broad SMARTS) is 1. The number of nitrogens with zero attached hydrogens (tertiary/aromatic N) is 1.